The average molecular weight is 505 g/mol. The van der Waals surface area contributed by atoms with Crippen LogP contribution in [0.3, 0.4) is 0 Å². The van der Waals surface area contributed by atoms with Gasteiger partial charge in [-0.1, -0.05) is 35.5 Å². The Balaban J connectivity index is 1.96. The van der Waals surface area contributed by atoms with Crippen molar-refractivity contribution in [2.24, 2.45) is 0 Å². The van der Waals surface area contributed by atoms with Gasteiger partial charge in [-0.2, -0.15) is 0 Å². The minimum atomic E-state index is -1.67. The number of alkyl carbamates (subject to hydrolysis) is 1. The van der Waals surface area contributed by atoms with Crippen molar-refractivity contribution in [2.45, 2.75) is 44.5 Å². The molecule has 0 unspecified atom stereocenters. The lowest BCUT2D eigenvalue weighted by Crippen LogP contribution is -2.33. The van der Waals surface area contributed by atoms with Gasteiger partial charge in [0.2, 0.25) is 0 Å². The number of halogens is 1. The van der Waals surface area contributed by atoms with Crippen molar-refractivity contribution in [3.8, 4) is 11.1 Å². The van der Waals surface area contributed by atoms with Gasteiger partial charge in [-0.3, -0.25) is 9.36 Å². The summed E-state index contributed by atoms with van der Waals surface area (Å²) in [5, 5.41) is 22.9. The number of fused-ring (bicyclic) bond motifs is 1. The van der Waals surface area contributed by atoms with Gasteiger partial charge in [-0.25, -0.2) is 14.8 Å². The molecule has 3 rings (SSSR count). The maximum absolute atomic E-state index is 13.5. The van der Waals surface area contributed by atoms with Crippen molar-refractivity contribution < 1.29 is 19.6 Å². The molecule has 0 spiro atoms. The Morgan fingerprint density at radius 3 is 2.62 bits per heavy atom. The van der Waals surface area contributed by atoms with E-state index in [0.29, 0.717) is 40.3 Å². The van der Waals surface area contributed by atoms with Crippen molar-refractivity contribution in [3.63, 3.8) is 0 Å². The maximum Gasteiger partial charge on any atom is 0.488 e. The topological polar surface area (TPSA) is 127 Å². The van der Waals surface area contributed by atoms with E-state index in [-0.39, 0.29) is 22.6 Å². The van der Waals surface area contributed by atoms with Gasteiger partial charge in [0.1, 0.15) is 11.2 Å². The van der Waals surface area contributed by atoms with Gasteiger partial charge in [0.05, 0.1) is 0 Å². The fourth-order valence-electron chi connectivity index (χ4n) is 3.29. The Bertz CT molecular complexity index is 1260. The van der Waals surface area contributed by atoms with E-state index >= 15 is 0 Å². The first kappa shape index (κ1) is 26.0. The van der Waals surface area contributed by atoms with Crippen molar-refractivity contribution >= 4 is 53.1 Å². The lowest BCUT2D eigenvalue weighted by molar-refractivity contribution is 0.0526. The van der Waals surface area contributed by atoms with Crippen molar-refractivity contribution in [3.05, 3.63) is 45.8 Å². The fraction of sp³-hybridized carbons (Fsp3) is 0.364. The van der Waals surface area contributed by atoms with Gasteiger partial charge in [0.25, 0.3) is 5.56 Å². The van der Waals surface area contributed by atoms with Gasteiger partial charge < -0.3 is 20.1 Å². The van der Waals surface area contributed by atoms with Crippen LogP contribution in [0.1, 0.15) is 27.2 Å². The number of pyridine rings is 1. The van der Waals surface area contributed by atoms with Crippen LogP contribution >= 0.6 is 23.4 Å². The molecule has 0 aliphatic carbocycles. The zero-order valence-corrected chi connectivity index (χ0v) is 20.9. The number of hydrogen-bond acceptors (Lipinski definition) is 8. The standard InChI is InChI=1S/C22H26BClN4O5S/c1-22(2,3)33-21(30)25-8-5-9-28-18-13(12-26-20(27-18)34-4)10-16(19(28)29)15-7-6-14(23(31)32)11-17(15)24/h6-7,10-12,31-32H,5,8-9H2,1-4H3,(H,25,30). The number of nitrogens with zero attached hydrogens (tertiary/aromatic N) is 3. The monoisotopic (exact) mass is 504 g/mol. The number of aromatic nitrogens is 3. The van der Waals surface area contributed by atoms with Crippen LogP contribution < -0.4 is 16.3 Å². The Kier molecular flexibility index (Phi) is 8.24. The molecule has 3 N–H and O–H groups in total. The number of aryl methyl sites for hydroxylation is 1. The van der Waals surface area contributed by atoms with Crippen LogP contribution in [-0.4, -0.2) is 56.2 Å². The quantitative estimate of drug-likeness (QED) is 0.194. The molecule has 34 heavy (non-hydrogen) atoms. The molecule has 2 aromatic heterocycles. The van der Waals surface area contributed by atoms with Gasteiger partial charge in [-0.05, 0) is 51.0 Å². The molecular weight excluding hydrogens is 479 g/mol. The predicted molar refractivity (Wildman–Crippen MR) is 135 cm³/mol. The van der Waals surface area contributed by atoms with Crippen molar-refractivity contribution in [1.29, 1.82) is 0 Å². The molecule has 0 bridgehead atoms. The molecule has 0 saturated heterocycles. The second-order valence-corrected chi connectivity index (χ2v) is 9.73. The van der Waals surface area contributed by atoms with E-state index in [9.17, 15) is 19.6 Å². The largest absolute Gasteiger partial charge is 0.488 e. The second-order valence-electron chi connectivity index (χ2n) is 8.55. The highest BCUT2D eigenvalue weighted by molar-refractivity contribution is 7.98. The Morgan fingerprint density at radius 2 is 2.00 bits per heavy atom. The zero-order valence-electron chi connectivity index (χ0n) is 19.3. The fourth-order valence-corrected chi connectivity index (χ4v) is 3.92. The van der Waals surface area contributed by atoms with E-state index in [1.165, 1.54) is 28.5 Å². The zero-order chi connectivity index (χ0) is 25.0. The molecule has 0 aliphatic heterocycles. The molecule has 0 atom stereocenters. The van der Waals surface area contributed by atoms with E-state index in [1.54, 1.807) is 39.1 Å². The van der Waals surface area contributed by atoms with Crippen molar-refractivity contribution in [2.75, 3.05) is 12.8 Å². The molecule has 1 aromatic carbocycles. The summed E-state index contributed by atoms with van der Waals surface area (Å²) in [4.78, 5) is 34.2. The number of ether oxygens (including phenoxy) is 1. The van der Waals surface area contributed by atoms with Crippen LogP contribution in [0.4, 0.5) is 4.79 Å². The summed E-state index contributed by atoms with van der Waals surface area (Å²) < 4.78 is 6.77. The Hall–Kier alpha value is -2.60. The van der Waals surface area contributed by atoms with Crippen LogP contribution in [0.5, 0.6) is 0 Å². The molecule has 2 heterocycles. The maximum atomic E-state index is 13.5. The van der Waals surface area contributed by atoms with Crippen LogP contribution in [0.15, 0.2) is 40.4 Å². The van der Waals surface area contributed by atoms with Gasteiger partial charge in [0.15, 0.2) is 5.16 Å². The molecule has 1 amide bonds. The highest BCUT2D eigenvalue weighted by Crippen LogP contribution is 2.27. The number of amides is 1. The molecule has 0 saturated carbocycles. The van der Waals surface area contributed by atoms with Gasteiger partial charge in [0, 0.05) is 40.8 Å². The summed E-state index contributed by atoms with van der Waals surface area (Å²) in [7, 11) is -1.67. The normalized spacial score (nSPS) is 11.5. The molecule has 0 radical (unpaired) electrons. The number of hydrogen-bond donors (Lipinski definition) is 3. The number of rotatable bonds is 7. The molecular formula is C22H26BClN4O5S. The summed E-state index contributed by atoms with van der Waals surface area (Å²) >= 11 is 7.74. The summed E-state index contributed by atoms with van der Waals surface area (Å²) in [5.41, 5.74) is 0.566. The first-order valence-electron chi connectivity index (χ1n) is 10.6. The number of carbonyl (C=O) groups excluding carboxylic acids is 1. The van der Waals surface area contributed by atoms with E-state index in [4.69, 9.17) is 16.3 Å². The van der Waals surface area contributed by atoms with Gasteiger partial charge >= 0.3 is 13.2 Å². The first-order chi connectivity index (χ1) is 16.0. The molecule has 12 heteroatoms. The van der Waals surface area contributed by atoms with Crippen LogP contribution in [0, 0.1) is 0 Å². The van der Waals surface area contributed by atoms with Crippen molar-refractivity contribution in [1.82, 2.24) is 19.9 Å². The first-order valence-corrected chi connectivity index (χ1v) is 12.2. The second kappa shape index (κ2) is 10.8. The Labute approximate surface area is 206 Å². The lowest BCUT2D eigenvalue weighted by atomic mass is 9.80. The number of thioether (sulfide) groups is 1. The molecule has 180 valence electrons. The highest BCUT2D eigenvalue weighted by atomic mass is 35.5. The molecule has 9 nitrogen and oxygen atoms in total. The van der Waals surface area contributed by atoms with E-state index < -0.39 is 18.8 Å². The van der Waals surface area contributed by atoms with E-state index in [1.807, 2.05) is 6.26 Å². The molecule has 0 aliphatic rings. The summed E-state index contributed by atoms with van der Waals surface area (Å²) in [6.45, 7) is 5.94. The third-order valence-electron chi connectivity index (χ3n) is 4.80. The number of carbonyl (C=O) groups is 1. The third kappa shape index (κ3) is 6.29. The number of benzene rings is 1. The number of nitrogens with one attached hydrogen (secondary N) is 1. The smallest absolute Gasteiger partial charge is 0.444 e. The lowest BCUT2D eigenvalue weighted by Gasteiger charge is -2.19. The van der Waals surface area contributed by atoms with Crippen LogP contribution in [0.2, 0.25) is 5.02 Å². The van der Waals surface area contributed by atoms with E-state index in [2.05, 4.69) is 15.3 Å². The molecule has 3 aromatic rings. The van der Waals surface area contributed by atoms with Crippen LogP contribution in [0.25, 0.3) is 22.2 Å². The third-order valence-corrected chi connectivity index (χ3v) is 5.67. The molecule has 0 fully saturated rings. The summed E-state index contributed by atoms with van der Waals surface area (Å²) in [6.07, 6.45) is 3.43. The summed E-state index contributed by atoms with van der Waals surface area (Å²) in [5.74, 6) is 0. The Morgan fingerprint density at radius 1 is 1.26 bits per heavy atom. The predicted octanol–water partition coefficient (Wildman–Crippen LogP) is 2.43. The summed E-state index contributed by atoms with van der Waals surface area (Å²) in [6, 6.07) is 6.16. The highest BCUT2D eigenvalue weighted by Gasteiger charge is 2.19. The minimum Gasteiger partial charge on any atom is -0.444 e. The van der Waals surface area contributed by atoms with E-state index in [0.717, 1.165) is 0 Å². The average Bonchev–Trinajstić information content (AvgIpc) is 2.76. The van der Waals surface area contributed by atoms with Gasteiger partial charge in [-0.15, -0.1) is 0 Å². The minimum absolute atomic E-state index is 0.210. The SMILES string of the molecule is CSc1ncc2cc(-c3ccc(B(O)O)cc3Cl)c(=O)n(CCCNC(=O)OC(C)(C)C)c2n1. The van der Waals surface area contributed by atoms with Crippen LogP contribution in [-0.2, 0) is 11.3 Å².